The highest BCUT2D eigenvalue weighted by atomic mass is 32.2. The lowest BCUT2D eigenvalue weighted by molar-refractivity contribution is -0.117. The van der Waals surface area contributed by atoms with E-state index in [-0.39, 0.29) is 0 Å². The lowest BCUT2D eigenvalue weighted by Crippen LogP contribution is -2.30. The third kappa shape index (κ3) is 3.16. The number of hydrogen-bond donors (Lipinski definition) is 2. The summed E-state index contributed by atoms with van der Waals surface area (Å²) in [5.74, 6) is -2.36. The van der Waals surface area contributed by atoms with Crippen LogP contribution in [0.4, 0.5) is 10.1 Å². The van der Waals surface area contributed by atoms with Crippen molar-refractivity contribution in [2.24, 2.45) is 0 Å². The van der Waals surface area contributed by atoms with E-state index < -0.39 is 39.9 Å². The number of phenols is 1. The van der Waals surface area contributed by atoms with E-state index >= 15 is 0 Å². The van der Waals surface area contributed by atoms with Gasteiger partial charge in [0, 0.05) is 11.8 Å². The zero-order valence-electron chi connectivity index (χ0n) is 14.3. The Bertz CT molecular complexity index is 1160. The largest absolute Gasteiger partial charge is 0.506 e. The number of carbonyl (C=O) groups excluding carboxylic acids is 1. The Balaban J connectivity index is 1.76. The summed E-state index contributed by atoms with van der Waals surface area (Å²) in [5, 5.41) is 10.3. The Morgan fingerprint density at radius 1 is 1.04 bits per heavy atom. The van der Waals surface area contributed by atoms with Crippen molar-refractivity contribution in [3.05, 3.63) is 66.6 Å². The number of hydrogen-bond acceptors (Lipinski definition) is 5. The minimum atomic E-state index is -4.23. The van der Waals surface area contributed by atoms with Crippen molar-refractivity contribution in [1.29, 1.82) is 0 Å². The van der Waals surface area contributed by atoms with Crippen molar-refractivity contribution in [1.82, 2.24) is 9.71 Å². The molecule has 0 aliphatic carbocycles. The molecule has 7 nitrogen and oxygen atoms in total. The summed E-state index contributed by atoms with van der Waals surface area (Å²) in [6.07, 6.45) is 1.56. The van der Waals surface area contributed by atoms with Crippen LogP contribution in [0.1, 0.15) is 0 Å². The average Bonchev–Trinajstić information content (AvgIpc) is 2.94. The molecule has 0 unspecified atom stereocenters. The molecule has 2 N–H and O–H groups in total. The normalized spacial score (nSPS) is 15.5. The SMILES string of the molecule is O=C1CN(c2c(O)cc(-c3ccnc(-c4ccccc4)c3)cc2F)S(=O)(=O)N1. The molecule has 1 saturated heterocycles. The van der Waals surface area contributed by atoms with Crippen molar-refractivity contribution >= 4 is 21.8 Å². The van der Waals surface area contributed by atoms with Gasteiger partial charge in [0.2, 0.25) is 0 Å². The van der Waals surface area contributed by atoms with Gasteiger partial charge in [-0.1, -0.05) is 30.3 Å². The summed E-state index contributed by atoms with van der Waals surface area (Å²) in [7, 11) is -4.23. The summed E-state index contributed by atoms with van der Waals surface area (Å²) in [6.45, 7) is -0.598. The standard InChI is InChI=1S/C19H14FN3O4S/c20-15-8-14(10-17(24)19(15)23-11-18(25)22-28(23,26)27)13-6-7-21-16(9-13)12-4-2-1-3-5-12/h1-10,24H,11H2,(H,22,25). The Labute approximate surface area is 160 Å². The van der Waals surface area contributed by atoms with Crippen molar-refractivity contribution in [2.45, 2.75) is 0 Å². The molecule has 1 fully saturated rings. The van der Waals surface area contributed by atoms with E-state index in [9.17, 15) is 22.7 Å². The number of nitrogens with one attached hydrogen (secondary N) is 1. The average molecular weight is 399 g/mol. The molecule has 4 rings (SSSR count). The molecule has 0 atom stereocenters. The van der Waals surface area contributed by atoms with Gasteiger partial charge in [0.15, 0.2) is 5.82 Å². The molecule has 2 aromatic carbocycles. The highest BCUT2D eigenvalue weighted by Crippen LogP contribution is 2.37. The molecule has 0 saturated carbocycles. The predicted octanol–water partition coefficient (Wildman–Crippen LogP) is 2.44. The van der Waals surface area contributed by atoms with Gasteiger partial charge < -0.3 is 5.11 Å². The molecule has 1 amide bonds. The minimum absolute atomic E-state index is 0.342. The molecule has 0 radical (unpaired) electrons. The van der Waals surface area contributed by atoms with E-state index in [0.29, 0.717) is 21.1 Å². The lowest BCUT2D eigenvalue weighted by Gasteiger charge is -2.18. The Hall–Kier alpha value is -3.46. The lowest BCUT2D eigenvalue weighted by atomic mass is 10.0. The first kappa shape index (κ1) is 17.9. The summed E-state index contributed by atoms with van der Waals surface area (Å²) in [5.41, 5.74) is 1.90. The maximum absolute atomic E-state index is 14.7. The van der Waals surface area contributed by atoms with E-state index in [1.165, 1.54) is 6.07 Å². The van der Waals surface area contributed by atoms with Crippen LogP contribution in [-0.2, 0) is 15.0 Å². The highest BCUT2D eigenvalue weighted by molar-refractivity contribution is 7.92. The van der Waals surface area contributed by atoms with E-state index in [0.717, 1.165) is 11.6 Å². The molecular formula is C19H14FN3O4S. The van der Waals surface area contributed by atoms with Gasteiger partial charge in [0.25, 0.3) is 5.91 Å². The number of halogens is 1. The molecule has 2 heterocycles. The van der Waals surface area contributed by atoms with Crippen LogP contribution in [0.2, 0.25) is 0 Å². The third-order valence-electron chi connectivity index (χ3n) is 4.28. The maximum atomic E-state index is 14.7. The summed E-state index contributed by atoms with van der Waals surface area (Å²) < 4.78 is 40.9. The number of pyridine rings is 1. The predicted molar refractivity (Wildman–Crippen MR) is 101 cm³/mol. The molecule has 0 bridgehead atoms. The maximum Gasteiger partial charge on any atom is 0.326 e. The number of aromatic nitrogens is 1. The Kier molecular flexibility index (Phi) is 4.23. The first-order valence-electron chi connectivity index (χ1n) is 8.23. The number of anilines is 1. The number of phenolic OH excluding ortho intramolecular Hbond substituents is 1. The van der Waals surface area contributed by atoms with Crippen molar-refractivity contribution in [3.8, 4) is 28.1 Å². The monoisotopic (exact) mass is 399 g/mol. The number of aromatic hydroxyl groups is 1. The van der Waals surface area contributed by atoms with Crippen LogP contribution < -0.4 is 9.03 Å². The van der Waals surface area contributed by atoms with Gasteiger partial charge in [-0.25, -0.2) is 13.4 Å². The molecule has 9 heteroatoms. The topological polar surface area (TPSA) is 99.6 Å². The highest BCUT2D eigenvalue weighted by Gasteiger charge is 2.37. The van der Waals surface area contributed by atoms with Crippen molar-refractivity contribution in [3.63, 3.8) is 0 Å². The molecule has 1 aliphatic heterocycles. The molecule has 0 spiro atoms. The number of benzene rings is 2. The van der Waals surface area contributed by atoms with Crippen LogP contribution in [0, 0.1) is 5.82 Å². The zero-order valence-corrected chi connectivity index (χ0v) is 15.1. The van der Waals surface area contributed by atoms with Crippen LogP contribution in [0.3, 0.4) is 0 Å². The molecular weight excluding hydrogens is 385 g/mol. The quantitative estimate of drug-likeness (QED) is 0.705. The first-order chi connectivity index (χ1) is 13.3. The fourth-order valence-electron chi connectivity index (χ4n) is 3.02. The number of nitrogens with zero attached hydrogens (tertiary/aromatic N) is 2. The smallest absolute Gasteiger partial charge is 0.326 e. The minimum Gasteiger partial charge on any atom is -0.506 e. The molecule has 28 heavy (non-hydrogen) atoms. The van der Waals surface area contributed by atoms with Gasteiger partial charge in [-0.15, -0.1) is 0 Å². The summed E-state index contributed by atoms with van der Waals surface area (Å²) >= 11 is 0. The summed E-state index contributed by atoms with van der Waals surface area (Å²) in [4.78, 5) is 15.7. The number of amides is 1. The van der Waals surface area contributed by atoms with Crippen LogP contribution in [-0.4, -0.2) is 31.0 Å². The molecule has 1 aliphatic rings. The molecule has 1 aromatic heterocycles. The van der Waals surface area contributed by atoms with E-state index in [1.54, 1.807) is 23.1 Å². The zero-order chi connectivity index (χ0) is 19.9. The number of rotatable bonds is 3. The molecule has 3 aromatic rings. The van der Waals surface area contributed by atoms with E-state index in [4.69, 9.17) is 0 Å². The van der Waals surface area contributed by atoms with Gasteiger partial charge in [0.05, 0.1) is 5.69 Å². The van der Waals surface area contributed by atoms with Gasteiger partial charge >= 0.3 is 10.2 Å². The van der Waals surface area contributed by atoms with Crippen LogP contribution in [0.25, 0.3) is 22.4 Å². The van der Waals surface area contributed by atoms with Crippen molar-refractivity contribution < 1.29 is 22.7 Å². The fourth-order valence-corrected chi connectivity index (χ4v) is 4.19. The van der Waals surface area contributed by atoms with Crippen LogP contribution in [0.5, 0.6) is 5.75 Å². The second-order valence-corrected chi connectivity index (χ2v) is 7.75. The second kappa shape index (κ2) is 6.61. The molecule has 142 valence electrons. The van der Waals surface area contributed by atoms with Crippen molar-refractivity contribution in [2.75, 3.05) is 10.8 Å². The Morgan fingerprint density at radius 2 is 1.79 bits per heavy atom. The van der Waals surface area contributed by atoms with Crippen LogP contribution in [0.15, 0.2) is 60.8 Å². The second-order valence-electron chi connectivity index (χ2n) is 6.16. The number of carbonyl (C=O) groups is 1. The van der Waals surface area contributed by atoms with Gasteiger partial charge in [-0.3, -0.25) is 9.78 Å². The first-order valence-corrected chi connectivity index (χ1v) is 9.67. The van der Waals surface area contributed by atoms with E-state index in [2.05, 4.69) is 4.98 Å². The fraction of sp³-hybridized carbons (Fsp3) is 0.0526. The summed E-state index contributed by atoms with van der Waals surface area (Å²) in [6, 6.07) is 15.1. The Morgan fingerprint density at radius 3 is 2.43 bits per heavy atom. The van der Waals surface area contributed by atoms with Gasteiger partial charge in [0.1, 0.15) is 18.0 Å². The third-order valence-corrected chi connectivity index (χ3v) is 5.65. The van der Waals surface area contributed by atoms with Gasteiger partial charge in [-0.2, -0.15) is 8.42 Å². The van der Waals surface area contributed by atoms with E-state index in [1.807, 2.05) is 30.3 Å². The van der Waals surface area contributed by atoms with Crippen LogP contribution >= 0.6 is 0 Å². The van der Waals surface area contributed by atoms with Gasteiger partial charge in [-0.05, 0) is 35.4 Å².